The van der Waals surface area contributed by atoms with E-state index in [2.05, 4.69) is 15.4 Å². The average molecular weight is 447 g/mol. The molecule has 158 valence electrons. The number of benzene rings is 1. The van der Waals surface area contributed by atoms with E-state index >= 15 is 0 Å². The molecule has 0 spiro atoms. The maximum atomic E-state index is 13.0. The SMILES string of the molecule is CCCC(NC(=O)c1cnn(-c2ccc(Cl)cc2)c1C)c1cncc(S(C)(=O)=O)c1. The molecule has 0 saturated carbocycles. The summed E-state index contributed by atoms with van der Waals surface area (Å²) >= 11 is 5.94. The first-order valence-electron chi connectivity index (χ1n) is 9.47. The van der Waals surface area contributed by atoms with Crippen LogP contribution in [0.1, 0.15) is 47.4 Å². The fourth-order valence-corrected chi connectivity index (χ4v) is 3.88. The van der Waals surface area contributed by atoms with Crippen LogP contribution < -0.4 is 5.32 Å². The van der Waals surface area contributed by atoms with E-state index in [1.54, 1.807) is 29.1 Å². The van der Waals surface area contributed by atoms with Crippen molar-refractivity contribution in [2.75, 3.05) is 6.26 Å². The van der Waals surface area contributed by atoms with Gasteiger partial charge in [0.25, 0.3) is 5.91 Å². The van der Waals surface area contributed by atoms with Crippen molar-refractivity contribution in [3.8, 4) is 5.69 Å². The molecule has 7 nitrogen and oxygen atoms in total. The van der Waals surface area contributed by atoms with E-state index < -0.39 is 9.84 Å². The van der Waals surface area contributed by atoms with E-state index in [1.807, 2.05) is 26.0 Å². The molecule has 9 heteroatoms. The number of carbonyl (C=O) groups is 1. The zero-order valence-corrected chi connectivity index (χ0v) is 18.5. The van der Waals surface area contributed by atoms with Crippen LogP contribution in [0.25, 0.3) is 5.69 Å². The minimum Gasteiger partial charge on any atom is -0.345 e. The molecular weight excluding hydrogens is 424 g/mol. The van der Waals surface area contributed by atoms with Crippen molar-refractivity contribution in [1.82, 2.24) is 20.1 Å². The highest BCUT2D eigenvalue weighted by molar-refractivity contribution is 7.90. The molecule has 3 aromatic rings. The van der Waals surface area contributed by atoms with E-state index in [0.717, 1.165) is 18.4 Å². The lowest BCUT2D eigenvalue weighted by molar-refractivity contribution is 0.0933. The Morgan fingerprint density at radius 2 is 1.90 bits per heavy atom. The van der Waals surface area contributed by atoms with Gasteiger partial charge in [-0.05, 0) is 49.2 Å². The van der Waals surface area contributed by atoms with Gasteiger partial charge in [0.2, 0.25) is 0 Å². The summed E-state index contributed by atoms with van der Waals surface area (Å²) in [7, 11) is -3.39. The molecule has 1 atom stereocenters. The lowest BCUT2D eigenvalue weighted by Crippen LogP contribution is -2.29. The third-order valence-corrected chi connectivity index (χ3v) is 6.10. The molecule has 1 N–H and O–H groups in total. The Bertz CT molecular complexity index is 1160. The standard InChI is InChI=1S/C21H23ClN4O3S/c1-4-5-20(15-10-18(12-23-11-15)30(3,28)29)25-21(27)19-13-24-26(14(19)2)17-8-6-16(22)7-9-17/h6-13,20H,4-5H2,1-3H3,(H,25,27). The Labute approximate surface area is 181 Å². The molecule has 0 aliphatic rings. The maximum absolute atomic E-state index is 13.0. The van der Waals surface area contributed by atoms with Crippen LogP contribution in [-0.4, -0.2) is 35.3 Å². The van der Waals surface area contributed by atoms with Gasteiger partial charge in [-0.25, -0.2) is 13.1 Å². The molecule has 2 aromatic heterocycles. The topological polar surface area (TPSA) is 93.9 Å². The smallest absolute Gasteiger partial charge is 0.255 e. The van der Waals surface area contributed by atoms with Gasteiger partial charge in [-0.15, -0.1) is 0 Å². The third-order valence-electron chi connectivity index (χ3n) is 4.77. The van der Waals surface area contributed by atoms with E-state index in [1.165, 1.54) is 12.4 Å². The van der Waals surface area contributed by atoms with Crippen molar-refractivity contribution >= 4 is 27.3 Å². The van der Waals surface area contributed by atoms with Crippen molar-refractivity contribution in [2.45, 2.75) is 37.6 Å². The van der Waals surface area contributed by atoms with Crippen molar-refractivity contribution in [3.63, 3.8) is 0 Å². The number of nitrogens with zero attached hydrogens (tertiary/aromatic N) is 3. The van der Waals surface area contributed by atoms with Crippen molar-refractivity contribution in [3.05, 3.63) is 70.8 Å². The van der Waals surface area contributed by atoms with Crippen molar-refractivity contribution in [1.29, 1.82) is 0 Å². The van der Waals surface area contributed by atoms with Crippen LogP contribution in [0, 0.1) is 6.92 Å². The van der Waals surface area contributed by atoms with Crippen LogP contribution in [0.15, 0.2) is 53.8 Å². The number of rotatable bonds is 7. The number of carbonyl (C=O) groups excluding carboxylic acids is 1. The molecular formula is C21H23ClN4O3S. The summed E-state index contributed by atoms with van der Waals surface area (Å²) in [5.74, 6) is -0.282. The van der Waals surface area contributed by atoms with Gasteiger partial charge in [-0.2, -0.15) is 5.10 Å². The molecule has 0 aliphatic heterocycles. The highest BCUT2D eigenvalue weighted by Crippen LogP contribution is 2.22. The second-order valence-corrected chi connectivity index (χ2v) is 9.52. The zero-order chi connectivity index (χ0) is 21.9. The largest absolute Gasteiger partial charge is 0.345 e. The van der Waals surface area contributed by atoms with Gasteiger partial charge in [-0.1, -0.05) is 24.9 Å². The summed E-state index contributed by atoms with van der Waals surface area (Å²) in [4.78, 5) is 17.2. The Balaban J connectivity index is 1.87. The Hall–Kier alpha value is -2.71. The summed E-state index contributed by atoms with van der Waals surface area (Å²) in [6.45, 7) is 3.81. The number of amides is 1. The first-order valence-corrected chi connectivity index (χ1v) is 11.7. The van der Waals surface area contributed by atoms with E-state index in [4.69, 9.17) is 11.6 Å². The van der Waals surface area contributed by atoms with Crippen LogP contribution in [-0.2, 0) is 9.84 Å². The van der Waals surface area contributed by atoms with Gasteiger partial charge in [0, 0.05) is 23.7 Å². The quantitative estimate of drug-likeness (QED) is 0.593. The first-order chi connectivity index (χ1) is 14.2. The Kier molecular flexibility index (Phi) is 6.58. The van der Waals surface area contributed by atoms with Crippen molar-refractivity contribution < 1.29 is 13.2 Å². The molecule has 30 heavy (non-hydrogen) atoms. The molecule has 0 aliphatic carbocycles. The molecule has 0 radical (unpaired) electrons. The molecule has 0 saturated heterocycles. The normalized spacial score (nSPS) is 12.5. The number of nitrogens with one attached hydrogen (secondary N) is 1. The summed E-state index contributed by atoms with van der Waals surface area (Å²) in [6.07, 6.45) is 6.99. The van der Waals surface area contributed by atoms with Gasteiger partial charge in [0.05, 0.1) is 34.1 Å². The summed E-state index contributed by atoms with van der Waals surface area (Å²) in [6, 6.07) is 8.37. The minimum absolute atomic E-state index is 0.127. The van der Waals surface area contributed by atoms with Gasteiger partial charge >= 0.3 is 0 Å². The van der Waals surface area contributed by atoms with Gasteiger partial charge < -0.3 is 5.32 Å². The number of hydrogen-bond donors (Lipinski definition) is 1. The molecule has 3 rings (SSSR count). The predicted octanol–water partition coefficient (Wildman–Crippen LogP) is 3.90. The number of pyridine rings is 1. The number of aromatic nitrogens is 3. The molecule has 0 bridgehead atoms. The molecule has 2 heterocycles. The molecule has 1 aromatic carbocycles. The second kappa shape index (κ2) is 8.97. The van der Waals surface area contributed by atoms with Crippen LogP contribution in [0.3, 0.4) is 0 Å². The van der Waals surface area contributed by atoms with E-state index in [-0.39, 0.29) is 16.8 Å². The number of hydrogen-bond acceptors (Lipinski definition) is 5. The number of sulfone groups is 1. The molecule has 1 amide bonds. The summed E-state index contributed by atoms with van der Waals surface area (Å²) in [5.41, 5.74) is 2.58. The summed E-state index contributed by atoms with van der Waals surface area (Å²) < 4.78 is 25.4. The number of halogens is 1. The Morgan fingerprint density at radius 1 is 1.20 bits per heavy atom. The zero-order valence-electron chi connectivity index (χ0n) is 17.0. The summed E-state index contributed by atoms with van der Waals surface area (Å²) in [5, 5.41) is 7.95. The van der Waals surface area contributed by atoms with Gasteiger partial charge in [0.1, 0.15) is 0 Å². The van der Waals surface area contributed by atoms with E-state index in [9.17, 15) is 13.2 Å². The average Bonchev–Trinajstić information content (AvgIpc) is 3.09. The van der Waals surface area contributed by atoms with Crippen LogP contribution in [0.5, 0.6) is 0 Å². The van der Waals surface area contributed by atoms with Crippen LogP contribution in [0.4, 0.5) is 0 Å². The van der Waals surface area contributed by atoms with Crippen molar-refractivity contribution in [2.24, 2.45) is 0 Å². The monoisotopic (exact) mass is 446 g/mol. The lowest BCUT2D eigenvalue weighted by atomic mass is 10.0. The highest BCUT2D eigenvalue weighted by Gasteiger charge is 2.21. The molecule has 1 unspecified atom stereocenters. The van der Waals surface area contributed by atoms with Crippen LogP contribution in [0.2, 0.25) is 5.02 Å². The lowest BCUT2D eigenvalue weighted by Gasteiger charge is -2.19. The van der Waals surface area contributed by atoms with Crippen LogP contribution >= 0.6 is 11.6 Å². The fraction of sp³-hybridized carbons (Fsp3) is 0.286. The van der Waals surface area contributed by atoms with Gasteiger partial charge in [0.15, 0.2) is 9.84 Å². The predicted molar refractivity (Wildman–Crippen MR) is 116 cm³/mol. The Morgan fingerprint density at radius 3 is 2.53 bits per heavy atom. The maximum Gasteiger partial charge on any atom is 0.255 e. The fourth-order valence-electron chi connectivity index (χ4n) is 3.15. The minimum atomic E-state index is -3.39. The third kappa shape index (κ3) is 4.88. The van der Waals surface area contributed by atoms with E-state index in [0.29, 0.717) is 28.3 Å². The second-order valence-electron chi connectivity index (χ2n) is 7.07. The first kappa shape index (κ1) is 22.0. The highest BCUT2D eigenvalue weighted by atomic mass is 35.5. The van der Waals surface area contributed by atoms with Gasteiger partial charge in [-0.3, -0.25) is 9.78 Å². The molecule has 0 fully saturated rings.